The lowest BCUT2D eigenvalue weighted by molar-refractivity contribution is -0.125. The summed E-state index contributed by atoms with van der Waals surface area (Å²) < 4.78 is 0. The average Bonchev–Trinajstić information content (AvgIpc) is 3.12. The van der Waals surface area contributed by atoms with Crippen molar-refractivity contribution in [3.8, 4) is 0 Å². The second-order valence-electron chi connectivity index (χ2n) is 6.36. The first kappa shape index (κ1) is 14.0. The summed E-state index contributed by atoms with van der Waals surface area (Å²) in [7, 11) is 1.91. The van der Waals surface area contributed by atoms with E-state index in [1.165, 1.54) is 10.4 Å². The van der Waals surface area contributed by atoms with Gasteiger partial charge in [-0.2, -0.15) is 0 Å². The van der Waals surface area contributed by atoms with E-state index in [0.29, 0.717) is 0 Å². The number of carbonyl (C=O) groups is 1. The quantitative estimate of drug-likeness (QED) is 0.850. The molecule has 1 amide bonds. The van der Waals surface area contributed by atoms with Gasteiger partial charge in [-0.25, -0.2) is 0 Å². The fourth-order valence-electron chi connectivity index (χ4n) is 4.01. The molecule has 4 rings (SSSR count). The molecule has 3 heterocycles. The number of likely N-dealkylation sites (tertiary alicyclic amines) is 1. The Kier molecular flexibility index (Phi) is 3.31. The number of thiophene rings is 1. The predicted octanol–water partition coefficient (Wildman–Crippen LogP) is 3.26. The molecule has 114 valence electrons. The zero-order chi connectivity index (χ0) is 15.2. The van der Waals surface area contributed by atoms with E-state index in [9.17, 15) is 4.79 Å². The smallest absolute Gasteiger partial charge is 0.238 e. The van der Waals surface area contributed by atoms with Gasteiger partial charge in [0.1, 0.15) is 0 Å². The van der Waals surface area contributed by atoms with E-state index in [1.807, 2.05) is 18.0 Å². The van der Waals surface area contributed by atoms with Crippen LogP contribution in [0, 0.1) is 0 Å². The number of amides is 1. The highest BCUT2D eigenvalue weighted by molar-refractivity contribution is 7.09. The van der Waals surface area contributed by atoms with Crippen LogP contribution in [0.2, 0.25) is 0 Å². The minimum atomic E-state index is -0.332. The number of rotatable bonds is 2. The highest BCUT2D eigenvalue weighted by Crippen LogP contribution is 2.46. The molecule has 1 atom stereocenters. The molecule has 22 heavy (non-hydrogen) atoms. The van der Waals surface area contributed by atoms with Gasteiger partial charge in [0, 0.05) is 30.7 Å². The maximum Gasteiger partial charge on any atom is 0.238 e. The van der Waals surface area contributed by atoms with Crippen LogP contribution in [0.1, 0.15) is 23.3 Å². The molecule has 1 fully saturated rings. The summed E-state index contributed by atoms with van der Waals surface area (Å²) in [6, 6.07) is 12.6. The summed E-state index contributed by atoms with van der Waals surface area (Å²) >= 11 is 1.80. The maximum absolute atomic E-state index is 13.0. The van der Waals surface area contributed by atoms with Crippen molar-refractivity contribution in [3.05, 3.63) is 52.2 Å². The van der Waals surface area contributed by atoms with Crippen LogP contribution in [0.15, 0.2) is 41.8 Å². The van der Waals surface area contributed by atoms with Crippen LogP contribution in [0.4, 0.5) is 5.69 Å². The standard InChI is InChI=1S/C18H20N2OS/c1-19-16-8-3-2-7-15(16)18(17(19)21)9-5-10-20(13-18)12-14-6-4-11-22-14/h2-4,6-8,11H,5,9-10,12-13H2,1H3. The third-order valence-corrected chi connectivity index (χ3v) is 5.89. The Bertz CT molecular complexity index is 697. The summed E-state index contributed by atoms with van der Waals surface area (Å²) in [5.74, 6) is 0.268. The van der Waals surface area contributed by atoms with Crippen LogP contribution in [0.3, 0.4) is 0 Å². The Morgan fingerprint density at radius 2 is 2.09 bits per heavy atom. The minimum Gasteiger partial charge on any atom is -0.314 e. The normalized spacial score (nSPS) is 25.0. The van der Waals surface area contributed by atoms with Crippen LogP contribution in [0.5, 0.6) is 0 Å². The largest absolute Gasteiger partial charge is 0.314 e. The number of hydrogen-bond acceptors (Lipinski definition) is 3. The van der Waals surface area contributed by atoms with Gasteiger partial charge in [-0.3, -0.25) is 9.69 Å². The summed E-state index contributed by atoms with van der Waals surface area (Å²) in [5.41, 5.74) is 1.98. The molecule has 1 spiro atoms. The van der Waals surface area contributed by atoms with Gasteiger partial charge in [0.25, 0.3) is 0 Å². The number of benzene rings is 1. The van der Waals surface area contributed by atoms with Gasteiger partial charge in [0.2, 0.25) is 5.91 Å². The Morgan fingerprint density at radius 1 is 1.23 bits per heavy atom. The van der Waals surface area contributed by atoms with E-state index >= 15 is 0 Å². The fourth-order valence-corrected chi connectivity index (χ4v) is 4.76. The van der Waals surface area contributed by atoms with E-state index in [-0.39, 0.29) is 11.3 Å². The first-order chi connectivity index (χ1) is 10.7. The van der Waals surface area contributed by atoms with Crippen molar-refractivity contribution in [1.82, 2.24) is 4.90 Å². The highest BCUT2D eigenvalue weighted by atomic mass is 32.1. The zero-order valence-electron chi connectivity index (χ0n) is 12.8. The van der Waals surface area contributed by atoms with Gasteiger partial charge in [-0.1, -0.05) is 24.3 Å². The number of carbonyl (C=O) groups excluding carboxylic acids is 1. The van der Waals surface area contributed by atoms with Crippen molar-refractivity contribution in [2.45, 2.75) is 24.8 Å². The molecule has 2 aliphatic heterocycles. The van der Waals surface area contributed by atoms with Crippen molar-refractivity contribution in [3.63, 3.8) is 0 Å². The number of anilines is 1. The van der Waals surface area contributed by atoms with Crippen molar-refractivity contribution in [1.29, 1.82) is 0 Å². The third-order valence-electron chi connectivity index (χ3n) is 5.03. The summed E-state index contributed by atoms with van der Waals surface area (Å²) in [6.07, 6.45) is 2.05. The SMILES string of the molecule is CN1C(=O)C2(CCCN(Cc3cccs3)C2)c2ccccc21. The van der Waals surface area contributed by atoms with Crippen molar-refractivity contribution in [2.75, 3.05) is 25.0 Å². The van der Waals surface area contributed by atoms with Crippen LogP contribution in [-0.2, 0) is 16.8 Å². The molecule has 0 N–H and O–H groups in total. The number of para-hydroxylation sites is 1. The maximum atomic E-state index is 13.0. The molecular weight excluding hydrogens is 292 g/mol. The first-order valence-electron chi connectivity index (χ1n) is 7.83. The number of piperidine rings is 1. The lowest BCUT2D eigenvalue weighted by atomic mass is 9.75. The monoisotopic (exact) mass is 312 g/mol. The highest BCUT2D eigenvalue weighted by Gasteiger charge is 2.51. The molecule has 0 bridgehead atoms. The third kappa shape index (κ3) is 2.02. The van der Waals surface area contributed by atoms with Crippen LogP contribution in [-0.4, -0.2) is 30.9 Å². The molecule has 1 saturated heterocycles. The molecule has 0 radical (unpaired) electrons. The van der Waals surface area contributed by atoms with E-state index in [4.69, 9.17) is 0 Å². The van der Waals surface area contributed by atoms with Gasteiger partial charge < -0.3 is 4.90 Å². The van der Waals surface area contributed by atoms with E-state index in [1.54, 1.807) is 11.3 Å². The summed E-state index contributed by atoms with van der Waals surface area (Å²) in [5, 5.41) is 2.12. The topological polar surface area (TPSA) is 23.6 Å². The van der Waals surface area contributed by atoms with Gasteiger partial charge >= 0.3 is 0 Å². The molecule has 4 heteroatoms. The van der Waals surface area contributed by atoms with Gasteiger partial charge in [-0.05, 0) is 42.5 Å². The van der Waals surface area contributed by atoms with Crippen LogP contribution < -0.4 is 4.90 Å². The summed E-state index contributed by atoms with van der Waals surface area (Å²) in [6.45, 7) is 2.88. The molecule has 0 saturated carbocycles. The fraction of sp³-hybridized carbons (Fsp3) is 0.389. The average molecular weight is 312 g/mol. The molecule has 1 aromatic heterocycles. The molecule has 0 aliphatic carbocycles. The van der Waals surface area contributed by atoms with Crippen LogP contribution >= 0.6 is 11.3 Å². The second kappa shape index (κ2) is 5.21. The van der Waals surface area contributed by atoms with Gasteiger partial charge in [0.05, 0.1) is 5.41 Å². The molecule has 1 aromatic carbocycles. The molecule has 2 aromatic rings. The van der Waals surface area contributed by atoms with E-state index in [2.05, 4.69) is 40.6 Å². The Balaban J connectivity index is 1.67. The molecular formula is C18H20N2OS. The number of likely N-dealkylation sites (N-methyl/N-ethyl adjacent to an activating group) is 1. The van der Waals surface area contributed by atoms with Gasteiger partial charge in [-0.15, -0.1) is 11.3 Å². The number of nitrogens with zero attached hydrogens (tertiary/aromatic N) is 2. The van der Waals surface area contributed by atoms with Gasteiger partial charge in [0.15, 0.2) is 0 Å². The van der Waals surface area contributed by atoms with Crippen molar-refractivity contribution < 1.29 is 4.79 Å². The van der Waals surface area contributed by atoms with Crippen molar-refractivity contribution >= 4 is 22.9 Å². The lowest BCUT2D eigenvalue weighted by Gasteiger charge is -2.39. The van der Waals surface area contributed by atoms with Crippen LogP contribution in [0.25, 0.3) is 0 Å². The Morgan fingerprint density at radius 3 is 2.91 bits per heavy atom. The summed E-state index contributed by atoms with van der Waals surface area (Å²) in [4.78, 5) is 18.7. The van der Waals surface area contributed by atoms with Crippen molar-refractivity contribution in [2.24, 2.45) is 0 Å². The Labute approximate surface area is 135 Å². The predicted molar refractivity (Wildman–Crippen MR) is 90.4 cm³/mol. The first-order valence-corrected chi connectivity index (χ1v) is 8.71. The minimum absolute atomic E-state index is 0.268. The molecule has 2 aliphatic rings. The second-order valence-corrected chi connectivity index (χ2v) is 7.39. The number of fused-ring (bicyclic) bond motifs is 2. The molecule has 1 unspecified atom stereocenters. The zero-order valence-corrected chi connectivity index (χ0v) is 13.6. The lowest BCUT2D eigenvalue weighted by Crippen LogP contribution is -2.51. The van der Waals surface area contributed by atoms with E-state index in [0.717, 1.165) is 38.2 Å². The number of hydrogen-bond donors (Lipinski definition) is 0. The van der Waals surface area contributed by atoms with E-state index < -0.39 is 0 Å². The Hall–Kier alpha value is -1.65. The molecule has 3 nitrogen and oxygen atoms in total.